The van der Waals surface area contributed by atoms with Crippen molar-refractivity contribution >= 4 is 25.3 Å². The molecule has 1 aromatic carbocycles. The molecule has 1 atom stereocenters. The van der Waals surface area contributed by atoms with E-state index in [1.807, 2.05) is 11.8 Å². The van der Waals surface area contributed by atoms with Crippen molar-refractivity contribution < 1.29 is 4.43 Å². The molecule has 0 saturated heterocycles. The lowest BCUT2D eigenvalue weighted by molar-refractivity contribution is 0.262. The van der Waals surface area contributed by atoms with Gasteiger partial charge in [-0.3, -0.25) is 0 Å². The van der Waals surface area contributed by atoms with E-state index in [1.54, 1.807) is 0 Å². The van der Waals surface area contributed by atoms with Crippen molar-refractivity contribution in [3.8, 4) is 0 Å². The molecule has 2 rings (SSSR count). The molecule has 1 aliphatic carbocycles. The van der Waals surface area contributed by atoms with Crippen molar-refractivity contribution in [2.45, 2.75) is 31.4 Å². The Bertz CT molecular complexity index is 335. The van der Waals surface area contributed by atoms with E-state index in [4.69, 9.17) is 4.43 Å². The van der Waals surface area contributed by atoms with Crippen molar-refractivity contribution in [2.75, 3.05) is 6.26 Å². The minimum atomic E-state index is -1.71. The van der Waals surface area contributed by atoms with Gasteiger partial charge in [-0.05, 0) is 43.3 Å². The van der Waals surface area contributed by atoms with E-state index >= 15 is 0 Å². The normalized spacial score (nSPS) is 18.4. The predicted octanol–water partition coefficient (Wildman–Crippen LogP) is 3.21. The maximum Gasteiger partial charge on any atom is 0.219 e. The third-order valence-corrected chi connectivity index (χ3v) is 6.80. The van der Waals surface area contributed by atoms with Crippen molar-refractivity contribution in [3.05, 3.63) is 30.3 Å². The highest BCUT2D eigenvalue weighted by Crippen LogP contribution is 2.39. The summed E-state index contributed by atoms with van der Waals surface area (Å²) < 4.78 is 6.40. The van der Waals surface area contributed by atoms with E-state index in [2.05, 4.69) is 49.7 Å². The summed E-state index contributed by atoms with van der Waals surface area (Å²) in [5.41, 5.74) is 0.418. The number of benzene rings is 1. The van der Waals surface area contributed by atoms with Crippen LogP contribution < -0.4 is 5.19 Å². The molecule has 0 aliphatic heterocycles. The van der Waals surface area contributed by atoms with Gasteiger partial charge in [-0.2, -0.15) is 0 Å². The highest BCUT2D eigenvalue weighted by atomic mass is 32.2. The molecular weight excluding hydrogens is 232 g/mol. The Labute approximate surface area is 104 Å². The minimum absolute atomic E-state index is 0.418. The molecule has 3 heteroatoms. The third-order valence-electron chi connectivity index (χ3n) is 3.12. The molecule has 0 radical (unpaired) electrons. The number of hydrogen-bond acceptors (Lipinski definition) is 2. The van der Waals surface area contributed by atoms with Gasteiger partial charge in [0.2, 0.25) is 8.32 Å². The van der Waals surface area contributed by atoms with Crippen LogP contribution in [0, 0.1) is 5.92 Å². The largest absolute Gasteiger partial charge is 0.401 e. The van der Waals surface area contributed by atoms with Gasteiger partial charge in [0, 0.05) is 0 Å². The Balaban J connectivity index is 2.06. The van der Waals surface area contributed by atoms with Crippen LogP contribution in [0.3, 0.4) is 0 Å². The van der Waals surface area contributed by atoms with Gasteiger partial charge >= 0.3 is 0 Å². The zero-order valence-electron chi connectivity index (χ0n) is 10.3. The summed E-state index contributed by atoms with van der Waals surface area (Å²) in [6, 6.07) is 10.7. The summed E-state index contributed by atoms with van der Waals surface area (Å²) in [6.45, 7) is 4.60. The molecule has 0 bridgehead atoms. The van der Waals surface area contributed by atoms with Crippen LogP contribution >= 0.6 is 11.8 Å². The molecule has 0 aromatic heterocycles. The molecule has 1 nitrogen and oxygen atoms in total. The van der Waals surface area contributed by atoms with Crippen molar-refractivity contribution in [2.24, 2.45) is 5.92 Å². The zero-order chi connectivity index (χ0) is 11.6. The summed E-state index contributed by atoms with van der Waals surface area (Å²) >= 11 is 1.87. The maximum absolute atomic E-state index is 6.40. The van der Waals surface area contributed by atoms with Crippen LogP contribution in [0.15, 0.2) is 30.3 Å². The van der Waals surface area contributed by atoms with Crippen LogP contribution in [-0.4, -0.2) is 20.0 Å². The van der Waals surface area contributed by atoms with Crippen molar-refractivity contribution in [1.29, 1.82) is 0 Å². The third kappa shape index (κ3) is 2.90. The van der Waals surface area contributed by atoms with E-state index in [9.17, 15) is 0 Å². The van der Waals surface area contributed by atoms with E-state index < -0.39 is 8.32 Å². The van der Waals surface area contributed by atoms with Crippen molar-refractivity contribution in [3.63, 3.8) is 0 Å². The van der Waals surface area contributed by atoms with Gasteiger partial charge in [0.15, 0.2) is 0 Å². The lowest BCUT2D eigenvalue weighted by atomic mass is 10.4. The Morgan fingerprint density at radius 2 is 1.88 bits per heavy atom. The van der Waals surface area contributed by atoms with Crippen LogP contribution in [0.4, 0.5) is 0 Å². The summed E-state index contributed by atoms with van der Waals surface area (Å²) in [5, 5.41) is 1.40. The second-order valence-corrected chi connectivity index (χ2v) is 9.71. The average Bonchev–Trinajstić information content (AvgIpc) is 3.11. The molecule has 0 N–H and O–H groups in total. The monoisotopic (exact) mass is 252 g/mol. The van der Waals surface area contributed by atoms with Gasteiger partial charge < -0.3 is 4.43 Å². The lowest BCUT2D eigenvalue weighted by Gasteiger charge is -2.28. The number of hydrogen-bond donors (Lipinski definition) is 0. The smallest absolute Gasteiger partial charge is 0.219 e. The minimum Gasteiger partial charge on any atom is -0.401 e. The molecule has 0 amide bonds. The second-order valence-electron chi connectivity index (χ2n) is 4.94. The standard InChI is InChI=1S/C13H20OSSi/c1-15-13(11-9-10-11)14-16(2,3)12-7-5-4-6-8-12/h4-8,11,13H,9-10H2,1-3H3. The molecule has 1 fully saturated rings. The van der Waals surface area contributed by atoms with Gasteiger partial charge in [0.05, 0.1) is 5.44 Å². The topological polar surface area (TPSA) is 9.23 Å². The first-order valence-corrected chi connectivity index (χ1v) is 10.1. The SMILES string of the molecule is CSC(O[Si](C)(C)c1ccccc1)C1CC1. The fraction of sp³-hybridized carbons (Fsp3) is 0.538. The first-order valence-electron chi connectivity index (χ1n) is 5.89. The average molecular weight is 252 g/mol. The summed E-state index contributed by atoms with van der Waals surface area (Å²) in [4.78, 5) is 0. The highest BCUT2D eigenvalue weighted by Gasteiger charge is 2.37. The van der Waals surface area contributed by atoms with Gasteiger partial charge in [0.25, 0.3) is 0 Å². The Morgan fingerprint density at radius 1 is 1.25 bits per heavy atom. The van der Waals surface area contributed by atoms with E-state index in [1.165, 1.54) is 18.0 Å². The Kier molecular flexibility index (Phi) is 3.77. The Hall–Kier alpha value is -0.253. The lowest BCUT2D eigenvalue weighted by Crippen LogP contribution is -2.47. The zero-order valence-corrected chi connectivity index (χ0v) is 12.1. The quantitative estimate of drug-likeness (QED) is 0.588. The van der Waals surface area contributed by atoms with E-state index in [-0.39, 0.29) is 0 Å². The second kappa shape index (κ2) is 4.94. The first kappa shape index (κ1) is 12.2. The maximum atomic E-state index is 6.40. The van der Waals surface area contributed by atoms with Gasteiger partial charge in [-0.15, -0.1) is 11.8 Å². The molecule has 88 valence electrons. The van der Waals surface area contributed by atoms with Crippen LogP contribution in [0.2, 0.25) is 13.1 Å². The number of thioether (sulfide) groups is 1. The fourth-order valence-electron chi connectivity index (χ4n) is 1.90. The summed E-state index contributed by atoms with van der Waals surface area (Å²) in [5.74, 6) is 0.811. The molecule has 1 unspecified atom stereocenters. The molecular formula is C13H20OSSi. The predicted molar refractivity (Wildman–Crippen MR) is 74.7 cm³/mol. The fourth-order valence-corrected chi connectivity index (χ4v) is 5.57. The van der Waals surface area contributed by atoms with E-state index in [0.717, 1.165) is 5.92 Å². The van der Waals surface area contributed by atoms with Crippen LogP contribution in [-0.2, 0) is 4.43 Å². The van der Waals surface area contributed by atoms with Gasteiger partial charge in [-0.1, -0.05) is 30.3 Å². The Morgan fingerprint density at radius 3 is 2.38 bits per heavy atom. The van der Waals surface area contributed by atoms with Crippen molar-refractivity contribution in [1.82, 2.24) is 0 Å². The number of rotatable bonds is 5. The van der Waals surface area contributed by atoms with Crippen LogP contribution in [0.1, 0.15) is 12.8 Å². The van der Waals surface area contributed by atoms with Gasteiger partial charge in [0.1, 0.15) is 0 Å². The molecule has 1 saturated carbocycles. The van der Waals surface area contributed by atoms with Crippen LogP contribution in [0.25, 0.3) is 0 Å². The molecule has 0 heterocycles. The molecule has 1 aliphatic rings. The van der Waals surface area contributed by atoms with E-state index in [0.29, 0.717) is 5.44 Å². The molecule has 16 heavy (non-hydrogen) atoms. The first-order chi connectivity index (χ1) is 7.63. The highest BCUT2D eigenvalue weighted by molar-refractivity contribution is 7.99. The summed E-state index contributed by atoms with van der Waals surface area (Å²) in [7, 11) is -1.71. The summed E-state index contributed by atoms with van der Waals surface area (Å²) in [6.07, 6.45) is 4.87. The van der Waals surface area contributed by atoms with Crippen LogP contribution in [0.5, 0.6) is 0 Å². The molecule has 1 aromatic rings. The molecule has 0 spiro atoms. The van der Waals surface area contributed by atoms with Gasteiger partial charge in [-0.25, -0.2) is 0 Å².